The fourth-order valence-corrected chi connectivity index (χ4v) is 7.45. The highest BCUT2D eigenvalue weighted by Crippen LogP contribution is 2.41. The molecule has 0 spiro atoms. The van der Waals surface area contributed by atoms with Gasteiger partial charge in [0.25, 0.3) is 11.8 Å². The van der Waals surface area contributed by atoms with Crippen LogP contribution in [-0.2, 0) is 9.59 Å². The molecular weight excluding hydrogens is 859 g/mol. The summed E-state index contributed by atoms with van der Waals surface area (Å²) in [5.41, 5.74) is 1.73. The molecule has 0 fully saturated rings. The maximum absolute atomic E-state index is 12.8. The number of nitrogens with zero attached hydrogens (tertiary/aromatic N) is 2. The quantitative estimate of drug-likeness (QED) is 0.0645. The number of nitrogens with one attached hydrogen (secondary N) is 2. The van der Waals surface area contributed by atoms with Gasteiger partial charge in [0.2, 0.25) is 0 Å². The predicted octanol–water partition coefficient (Wildman–Crippen LogP) is 9.16. The standard InChI is InChI=1S/C25H19ClN2O5.C24H19ClN2O4/c26-20-13-19(24(30)23-18(20)11-6-12-27-23)22(16-9-4-5-10-17(16)25(31)32)28-21(29)14-33-15-7-2-1-3-8-15;25-19-13-18(24(30)23-16(19)10-6-12-26-23)22(17-9-4-5-11-20(17)28)27-21(29)14-31-15-7-2-1-3-8-15/h1-13,22,30H,14H2,(H,28,29)(H,31,32);1-13,22,28,30H,14H2,(H,27,29). The summed E-state index contributed by atoms with van der Waals surface area (Å²) < 4.78 is 11.0. The Labute approximate surface area is 376 Å². The van der Waals surface area contributed by atoms with E-state index in [1.807, 2.05) is 12.1 Å². The number of aromatic carboxylic acids is 1. The zero-order chi connectivity index (χ0) is 45.2. The number of phenols is 3. The molecule has 0 saturated carbocycles. The van der Waals surface area contributed by atoms with Crippen molar-refractivity contribution in [2.24, 2.45) is 0 Å². The van der Waals surface area contributed by atoms with E-state index in [1.54, 1.807) is 121 Å². The van der Waals surface area contributed by atoms with Gasteiger partial charge in [-0.1, -0.05) is 96.0 Å². The molecule has 0 aliphatic rings. The summed E-state index contributed by atoms with van der Waals surface area (Å²) >= 11 is 12.9. The van der Waals surface area contributed by atoms with Crippen LogP contribution in [0.3, 0.4) is 0 Å². The zero-order valence-corrected chi connectivity index (χ0v) is 35.1. The third kappa shape index (κ3) is 10.2. The van der Waals surface area contributed by atoms with Gasteiger partial charge in [-0.3, -0.25) is 19.6 Å². The number of aromatic nitrogens is 2. The minimum atomic E-state index is -1.17. The smallest absolute Gasteiger partial charge is 0.336 e. The number of carboxylic acids is 1. The molecule has 0 bridgehead atoms. The first-order chi connectivity index (χ1) is 31.0. The van der Waals surface area contributed by atoms with Crippen molar-refractivity contribution >= 4 is 62.8 Å². The third-order valence-corrected chi connectivity index (χ3v) is 10.5. The number of carbonyl (C=O) groups is 3. The molecule has 0 aliphatic heterocycles. The molecule has 64 heavy (non-hydrogen) atoms. The summed E-state index contributed by atoms with van der Waals surface area (Å²) in [6, 6.07) is 38.6. The number of phenolic OH excluding ortho intramolecular Hbond substituents is 3. The van der Waals surface area contributed by atoms with Crippen LogP contribution in [0.5, 0.6) is 28.7 Å². The van der Waals surface area contributed by atoms with Crippen LogP contribution in [0.25, 0.3) is 21.8 Å². The van der Waals surface area contributed by atoms with Crippen LogP contribution in [0.1, 0.15) is 44.7 Å². The molecule has 2 atom stereocenters. The van der Waals surface area contributed by atoms with E-state index in [1.165, 1.54) is 24.4 Å². The number of carbonyl (C=O) groups excluding carboxylic acids is 2. The molecule has 15 heteroatoms. The van der Waals surface area contributed by atoms with Gasteiger partial charge in [0.05, 0.1) is 27.7 Å². The second-order valence-corrected chi connectivity index (χ2v) is 14.9. The highest BCUT2D eigenvalue weighted by atomic mass is 35.5. The van der Waals surface area contributed by atoms with Gasteiger partial charge in [0.15, 0.2) is 13.2 Å². The van der Waals surface area contributed by atoms with E-state index in [0.29, 0.717) is 49.0 Å². The Balaban J connectivity index is 0.000000192. The van der Waals surface area contributed by atoms with E-state index in [9.17, 15) is 34.8 Å². The first-order valence-corrected chi connectivity index (χ1v) is 20.3. The third-order valence-electron chi connectivity index (χ3n) is 9.90. The fraction of sp³-hybridized carbons (Fsp3) is 0.0816. The van der Waals surface area contributed by atoms with E-state index in [2.05, 4.69) is 20.6 Å². The summed E-state index contributed by atoms with van der Waals surface area (Å²) in [4.78, 5) is 45.8. The van der Waals surface area contributed by atoms with Gasteiger partial charge in [-0.05, 0) is 78.4 Å². The molecule has 2 amide bonds. The lowest BCUT2D eigenvalue weighted by Gasteiger charge is -2.23. The van der Waals surface area contributed by atoms with Crippen molar-refractivity contribution in [1.82, 2.24) is 20.6 Å². The number of halogens is 2. The molecule has 6 N–H and O–H groups in total. The van der Waals surface area contributed by atoms with E-state index in [-0.39, 0.29) is 52.7 Å². The minimum Gasteiger partial charge on any atom is -0.508 e. The lowest BCUT2D eigenvalue weighted by Crippen LogP contribution is -2.34. The maximum Gasteiger partial charge on any atom is 0.336 e. The van der Waals surface area contributed by atoms with Crippen molar-refractivity contribution < 1.29 is 44.3 Å². The van der Waals surface area contributed by atoms with Crippen LogP contribution < -0.4 is 20.1 Å². The molecule has 8 aromatic rings. The Hall–Kier alpha value is -7.87. The minimum absolute atomic E-state index is 0.0246. The molecule has 0 aliphatic carbocycles. The van der Waals surface area contributed by atoms with Gasteiger partial charge in [0.1, 0.15) is 39.8 Å². The molecule has 322 valence electrons. The lowest BCUT2D eigenvalue weighted by molar-refractivity contribution is -0.124. The van der Waals surface area contributed by atoms with Crippen molar-refractivity contribution in [1.29, 1.82) is 0 Å². The van der Waals surface area contributed by atoms with Crippen LogP contribution >= 0.6 is 23.2 Å². The van der Waals surface area contributed by atoms with Crippen molar-refractivity contribution in [3.05, 3.63) is 196 Å². The summed E-state index contributed by atoms with van der Waals surface area (Å²) in [5, 5.41) is 49.4. The van der Waals surface area contributed by atoms with Gasteiger partial charge >= 0.3 is 5.97 Å². The summed E-state index contributed by atoms with van der Waals surface area (Å²) in [6.07, 6.45) is 3.05. The van der Waals surface area contributed by atoms with Gasteiger partial charge < -0.3 is 40.5 Å². The Morgan fingerprint density at radius 3 is 1.42 bits per heavy atom. The van der Waals surface area contributed by atoms with Crippen molar-refractivity contribution in [2.45, 2.75) is 12.1 Å². The van der Waals surface area contributed by atoms with Crippen LogP contribution in [0, 0.1) is 0 Å². The number of pyridine rings is 2. The van der Waals surface area contributed by atoms with E-state index >= 15 is 0 Å². The fourth-order valence-electron chi connectivity index (χ4n) is 6.91. The summed E-state index contributed by atoms with van der Waals surface area (Å²) in [7, 11) is 0. The van der Waals surface area contributed by atoms with Crippen molar-refractivity contribution in [2.75, 3.05) is 13.2 Å². The van der Waals surface area contributed by atoms with E-state index < -0.39 is 29.9 Å². The first-order valence-electron chi connectivity index (χ1n) is 19.6. The largest absolute Gasteiger partial charge is 0.508 e. The predicted molar refractivity (Wildman–Crippen MR) is 242 cm³/mol. The molecule has 2 heterocycles. The molecule has 6 aromatic carbocycles. The lowest BCUT2D eigenvalue weighted by atomic mass is 9.92. The number of aromatic hydroxyl groups is 3. The average molecular weight is 898 g/mol. The Kier molecular flexibility index (Phi) is 14.0. The second-order valence-electron chi connectivity index (χ2n) is 14.0. The average Bonchev–Trinajstić information content (AvgIpc) is 3.32. The zero-order valence-electron chi connectivity index (χ0n) is 33.6. The maximum atomic E-state index is 12.8. The van der Waals surface area contributed by atoms with E-state index in [4.69, 9.17) is 32.7 Å². The number of rotatable bonds is 13. The monoisotopic (exact) mass is 896 g/mol. The number of benzene rings is 6. The van der Waals surface area contributed by atoms with Gasteiger partial charge in [-0.25, -0.2) is 4.79 Å². The van der Waals surface area contributed by atoms with Crippen LogP contribution in [-0.4, -0.2) is 61.4 Å². The first kappa shape index (κ1) is 44.2. The number of para-hydroxylation sites is 3. The second kappa shape index (κ2) is 20.3. The van der Waals surface area contributed by atoms with Crippen LogP contribution in [0.15, 0.2) is 158 Å². The number of amides is 2. The van der Waals surface area contributed by atoms with Crippen molar-refractivity contribution in [3.8, 4) is 28.7 Å². The number of carboxylic acid groups (broad SMARTS) is 1. The number of hydrogen-bond donors (Lipinski definition) is 6. The molecule has 8 rings (SSSR count). The topological polar surface area (TPSA) is 200 Å². The summed E-state index contributed by atoms with van der Waals surface area (Å²) in [5.74, 6) is -1.42. The molecule has 2 aromatic heterocycles. The number of fused-ring (bicyclic) bond motifs is 2. The van der Waals surface area contributed by atoms with Gasteiger partial charge in [-0.2, -0.15) is 0 Å². The van der Waals surface area contributed by atoms with Crippen molar-refractivity contribution in [3.63, 3.8) is 0 Å². The molecule has 0 saturated heterocycles. The highest BCUT2D eigenvalue weighted by molar-refractivity contribution is 6.36. The Morgan fingerprint density at radius 1 is 0.531 bits per heavy atom. The molecule has 13 nitrogen and oxygen atoms in total. The SMILES string of the molecule is O=C(COc1ccccc1)NC(c1ccccc1C(=O)O)c1cc(Cl)c2cccnc2c1O.O=C(COc1ccccc1)NC(c1ccccc1O)c1cc(Cl)c2cccnc2c1O. The number of ether oxygens (including phenoxy) is 2. The molecule has 2 unspecified atom stereocenters. The number of hydrogen-bond acceptors (Lipinski definition) is 10. The van der Waals surface area contributed by atoms with Gasteiger partial charge in [0, 0.05) is 39.9 Å². The normalized spacial score (nSPS) is 11.7. The summed E-state index contributed by atoms with van der Waals surface area (Å²) in [6.45, 7) is -0.551. The Bertz CT molecular complexity index is 2960. The van der Waals surface area contributed by atoms with Crippen LogP contribution in [0.4, 0.5) is 0 Å². The van der Waals surface area contributed by atoms with E-state index in [0.717, 1.165) is 0 Å². The van der Waals surface area contributed by atoms with Crippen LogP contribution in [0.2, 0.25) is 10.0 Å². The highest BCUT2D eigenvalue weighted by Gasteiger charge is 2.28. The molecule has 0 radical (unpaired) electrons. The Morgan fingerprint density at radius 2 is 0.953 bits per heavy atom. The molecular formula is C49H38Cl2N4O9. The van der Waals surface area contributed by atoms with Gasteiger partial charge in [-0.15, -0.1) is 0 Å².